The summed E-state index contributed by atoms with van der Waals surface area (Å²) in [6.45, 7) is 20.3. The second kappa shape index (κ2) is 24.2. The van der Waals surface area contributed by atoms with Crippen LogP contribution in [0.5, 0.6) is 0 Å². The molecule has 3 heterocycles. The van der Waals surface area contributed by atoms with Crippen molar-refractivity contribution in [1.29, 1.82) is 0 Å². The lowest BCUT2D eigenvalue weighted by Gasteiger charge is -2.47. The Morgan fingerprint density at radius 2 is 1.28 bits per heavy atom. The average molecular weight is 907 g/mol. The zero-order valence-corrected chi connectivity index (χ0v) is 40.6. The zero-order valence-electron chi connectivity index (χ0n) is 40.6. The number of aryl methyl sites for hydroxylation is 3. The van der Waals surface area contributed by atoms with E-state index in [0.717, 1.165) is 71.9 Å². The molecule has 0 bridgehead atoms. The van der Waals surface area contributed by atoms with Crippen LogP contribution in [0.4, 0.5) is 5.69 Å². The van der Waals surface area contributed by atoms with Crippen molar-refractivity contribution in [2.75, 3.05) is 25.0 Å². The number of rotatable bonds is 22. The number of carbonyl (C=O) groups is 4. The topological polar surface area (TPSA) is 183 Å². The van der Waals surface area contributed by atoms with Crippen molar-refractivity contribution in [1.82, 2.24) is 20.1 Å². The van der Waals surface area contributed by atoms with Gasteiger partial charge in [0.2, 0.25) is 0 Å². The van der Waals surface area contributed by atoms with Gasteiger partial charge in [-0.3, -0.25) is 24.3 Å². The number of esters is 4. The Hall–Kier alpha value is -5.38. The van der Waals surface area contributed by atoms with Gasteiger partial charge >= 0.3 is 23.9 Å². The molecule has 1 aromatic carbocycles. The van der Waals surface area contributed by atoms with Gasteiger partial charge in [-0.25, -0.2) is 0 Å². The fraction of sp³-hybridized carbons (Fsp3) is 0.633. The van der Waals surface area contributed by atoms with Crippen LogP contribution in [0.3, 0.4) is 0 Å². The van der Waals surface area contributed by atoms with E-state index in [9.17, 15) is 24.3 Å². The lowest BCUT2D eigenvalue weighted by molar-refractivity contribution is -0.755. The summed E-state index contributed by atoms with van der Waals surface area (Å²) < 4.78 is 31.9. The van der Waals surface area contributed by atoms with Crippen LogP contribution in [0, 0.1) is 0 Å². The highest BCUT2D eigenvalue weighted by Gasteiger charge is 2.53. The highest BCUT2D eigenvalue weighted by molar-refractivity contribution is 5.69. The molecule has 0 amide bonds. The van der Waals surface area contributed by atoms with Crippen molar-refractivity contribution in [3.8, 4) is 0 Å². The van der Waals surface area contributed by atoms with E-state index in [4.69, 9.17) is 28.9 Å². The predicted octanol–water partition coefficient (Wildman–Crippen LogP) is 6.74. The summed E-state index contributed by atoms with van der Waals surface area (Å²) in [6.07, 6.45) is 11.8. The molecule has 0 unspecified atom stereocenters. The van der Waals surface area contributed by atoms with E-state index in [2.05, 4.69) is 76.6 Å². The Balaban J connectivity index is 1.18. The number of allylic oxidation sites excluding steroid dienone is 3. The van der Waals surface area contributed by atoms with Crippen LogP contribution in [-0.4, -0.2) is 89.0 Å². The van der Waals surface area contributed by atoms with Gasteiger partial charge in [-0.2, -0.15) is 0 Å². The van der Waals surface area contributed by atoms with E-state index >= 15 is 0 Å². The number of nitrogens with one attached hydrogen (secondary N) is 2. The van der Waals surface area contributed by atoms with E-state index in [-0.39, 0.29) is 23.3 Å². The molecule has 1 fully saturated rings. The summed E-state index contributed by atoms with van der Waals surface area (Å²) in [5.41, 5.74) is 5.78. The van der Waals surface area contributed by atoms with Gasteiger partial charge in [0.1, 0.15) is 26.3 Å². The first kappa shape index (κ1) is 52.2. The first-order chi connectivity index (χ1) is 30.6. The molecule has 16 heteroatoms. The van der Waals surface area contributed by atoms with E-state index in [0.29, 0.717) is 12.1 Å². The van der Waals surface area contributed by atoms with E-state index < -0.39 is 54.5 Å². The van der Waals surface area contributed by atoms with Gasteiger partial charge in [-0.15, -0.1) is 9.36 Å². The standard InChI is InChI=1S/C49H74N6O10/c1-33(56)61-32-42-43(62-34(2)57)44(63-35(3)58)45(64-36(4)59)47(65-42)54-26-21-37(22-27-54)46(60)51-24-18-14-15-19-25-55-31-41(53(11)52-55)20-16-12-13-17-23-50-40-29-38(48(5,6)7)28-39(30-40)49(8,9)10/h21-22,26-31,42-45,47,50-51H,12-20,23-25,32H2,1-11H3/q+1/t42-,43-,44+,45+,47+/m1/s1. The molecule has 5 atom stereocenters. The minimum absolute atomic E-state index is 0.103. The van der Waals surface area contributed by atoms with Crippen LogP contribution in [0.1, 0.15) is 137 Å². The first-order valence-corrected chi connectivity index (χ1v) is 23.0. The SMILES string of the molecule is CC(=O)OC[C@H]1O[C@H](N2C=CC(=C([O])NCCCCCC[n+]3cc(CCCCCCNc4cc(C(C)(C)C)cc(C(C)(C)C)c4)n(C)n3)C=C2)[C@@H](OC(C)=O)[C@@H](OC(C)=O)[C@@H]1OC(C)=O. The predicted molar refractivity (Wildman–Crippen MR) is 244 cm³/mol. The lowest BCUT2D eigenvalue weighted by atomic mass is 9.80. The third kappa shape index (κ3) is 16.8. The van der Waals surface area contributed by atoms with Crippen LogP contribution >= 0.6 is 0 Å². The van der Waals surface area contributed by atoms with Gasteiger partial charge in [-0.1, -0.05) is 66.9 Å². The molecule has 1 saturated heterocycles. The number of aromatic nitrogens is 3. The van der Waals surface area contributed by atoms with Gasteiger partial charge in [-0.05, 0) is 78.3 Å². The van der Waals surface area contributed by atoms with Gasteiger partial charge in [0.15, 0.2) is 36.4 Å². The number of ether oxygens (including phenoxy) is 5. The maximum atomic E-state index is 13.0. The molecular formula is C49H74N6O10+. The fourth-order valence-corrected chi connectivity index (χ4v) is 7.72. The number of nitrogens with zero attached hydrogens (tertiary/aromatic N) is 4. The Kier molecular flexibility index (Phi) is 19.5. The van der Waals surface area contributed by atoms with Crippen molar-refractivity contribution >= 4 is 29.6 Å². The third-order valence-corrected chi connectivity index (χ3v) is 11.3. The quantitative estimate of drug-likeness (QED) is 0.0417. The molecule has 0 aliphatic carbocycles. The molecule has 2 aliphatic rings. The van der Waals surface area contributed by atoms with Gasteiger partial charge in [0.25, 0.3) is 5.88 Å². The molecule has 1 aromatic heterocycles. The number of benzene rings is 1. The molecule has 2 aromatic rings. The minimum atomic E-state index is -1.31. The van der Waals surface area contributed by atoms with Crippen LogP contribution in [0.25, 0.3) is 0 Å². The zero-order chi connectivity index (χ0) is 47.9. The minimum Gasteiger partial charge on any atom is -0.463 e. The van der Waals surface area contributed by atoms with Gasteiger partial charge < -0.3 is 39.2 Å². The Morgan fingerprint density at radius 3 is 1.86 bits per heavy atom. The van der Waals surface area contributed by atoms with Crippen molar-refractivity contribution in [3.05, 3.63) is 77.2 Å². The van der Waals surface area contributed by atoms with Gasteiger partial charge in [0.05, 0.1) is 5.21 Å². The van der Waals surface area contributed by atoms with E-state index in [1.54, 1.807) is 24.6 Å². The normalized spacial score (nSPS) is 19.7. The summed E-state index contributed by atoms with van der Waals surface area (Å²) in [5.74, 6) is -3.01. The number of unbranched alkanes of at least 4 members (excludes halogenated alkanes) is 6. The maximum absolute atomic E-state index is 13.0. The molecule has 1 radical (unpaired) electrons. The van der Waals surface area contributed by atoms with Crippen molar-refractivity contribution in [2.45, 2.75) is 175 Å². The molecule has 359 valence electrons. The Morgan fingerprint density at radius 1 is 0.723 bits per heavy atom. The molecule has 2 aliphatic heterocycles. The second-order valence-electron chi connectivity index (χ2n) is 19.1. The summed E-state index contributed by atoms with van der Waals surface area (Å²) in [4.78, 5) is 49.7. The van der Waals surface area contributed by atoms with Crippen LogP contribution in [-0.2, 0) is 78.8 Å². The molecule has 65 heavy (non-hydrogen) atoms. The van der Waals surface area contributed by atoms with Crippen molar-refractivity contribution < 1.29 is 52.7 Å². The molecule has 2 N–H and O–H groups in total. The van der Waals surface area contributed by atoms with E-state index in [1.807, 2.05) is 16.4 Å². The third-order valence-electron chi connectivity index (χ3n) is 11.3. The highest BCUT2D eigenvalue weighted by atomic mass is 16.7. The molecule has 4 rings (SSSR count). The lowest BCUT2D eigenvalue weighted by Crippen LogP contribution is -2.65. The number of carbonyl (C=O) groups excluding carboxylic acids is 4. The summed E-state index contributed by atoms with van der Waals surface area (Å²) >= 11 is 0. The largest absolute Gasteiger partial charge is 0.463 e. The summed E-state index contributed by atoms with van der Waals surface area (Å²) in [5, 5.41) is 24.4. The fourth-order valence-electron chi connectivity index (χ4n) is 7.72. The first-order valence-electron chi connectivity index (χ1n) is 23.0. The number of hydrogen-bond acceptors (Lipinski definition) is 13. The average Bonchev–Trinajstić information content (AvgIpc) is 3.57. The summed E-state index contributed by atoms with van der Waals surface area (Å²) in [6, 6.07) is 6.97. The van der Waals surface area contributed by atoms with Crippen LogP contribution < -0.4 is 15.3 Å². The monoisotopic (exact) mass is 907 g/mol. The van der Waals surface area contributed by atoms with Crippen molar-refractivity contribution in [3.63, 3.8) is 0 Å². The molecule has 16 nitrogen and oxygen atoms in total. The van der Waals surface area contributed by atoms with E-state index in [1.165, 1.54) is 54.1 Å². The smallest absolute Gasteiger partial charge is 0.303 e. The molecule has 0 saturated carbocycles. The van der Waals surface area contributed by atoms with Crippen molar-refractivity contribution in [2.24, 2.45) is 7.05 Å². The van der Waals surface area contributed by atoms with Crippen LogP contribution in [0.2, 0.25) is 0 Å². The number of anilines is 1. The summed E-state index contributed by atoms with van der Waals surface area (Å²) in [7, 11) is 2.01. The van der Waals surface area contributed by atoms with Crippen LogP contribution in [0.15, 0.2) is 60.4 Å². The highest BCUT2D eigenvalue weighted by Crippen LogP contribution is 2.34. The molecular weight excluding hydrogens is 833 g/mol. The molecule has 0 spiro atoms. The Labute approximate surface area is 385 Å². The Bertz CT molecular complexity index is 1960. The maximum Gasteiger partial charge on any atom is 0.303 e. The second-order valence-corrected chi connectivity index (χ2v) is 19.1. The number of hydrogen-bond donors (Lipinski definition) is 2. The van der Waals surface area contributed by atoms with Gasteiger partial charge in [0, 0.05) is 70.9 Å².